The van der Waals surface area contributed by atoms with E-state index in [9.17, 15) is 0 Å². The third kappa shape index (κ3) is 2.83. The number of nitrogens with one attached hydrogen (secondary N) is 1. The topological polar surface area (TPSA) is 24.5 Å². The maximum Gasteiger partial charge on any atom is 0.121 e. The number of hydrogen-bond acceptors (Lipinski definition) is 3. The van der Waals surface area contributed by atoms with Crippen molar-refractivity contribution in [3.8, 4) is 0 Å². The predicted octanol–water partition coefficient (Wildman–Crippen LogP) is 2.22. The van der Waals surface area contributed by atoms with Gasteiger partial charge in [-0.25, -0.2) is 0 Å². The average molecular weight is 240 g/mol. The number of nitrogens with zero attached hydrogens (tertiary/aromatic N) is 1. The number of likely N-dealkylation sites (tertiary alicyclic amines) is 1. The Balaban J connectivity index is 2.02. The Morgan fingerprint density at radius 1 is 1.29 bits per heavy atom. The number of piperidine rings is 1. The van der Waals surface area contributed by atoms with Crippen LogP contribution in [0, 0.1) is 5.92 Å². The van der Waals surface area contributed by atoms with Crippen molar-refractivity contribution in [2.24, 2.45) is 5.92 Å². The molecule has 2 saturated heterocycles. The summed E-state index contributed by atoms with van der Waals surface area (Å²) >= 11 is 0. The molecule has 1 N–H and O–H groups in total. The first-order valence-electron chi connectivity index (χ1n) is 7.00. The van der Waals surface area contributed by atoms with Gasteiger partial charge < -0.3 is 9.64 Å². The van der Waals surface area contributed by atoms with Crippen molar-refractivity contribution in [2.75, 3.05) is 19.7 Å². The zero-order valence-electron chi connectivity index (χ0n) is 12.0. The van der Waals surface area contributed by atoms with E-state index in [1.807, 2.05) is 0 Å². The zero-order chi connectivity index (χ0) is 12.7. The van der Waals surface area contributed by atoms with Crippen molar-refractivity contribution in [1.82, 2.24) is 10.2 Å². The van der Waals surface area contributed by atoms with E-state index in [4.69, 9.17) is 4.74 Å². The first-order chi connectivity index (χ1) is 7.82. The lowest BCUT2D eigenvalue weighted by molar-refractivity contribution is -0.0693. The molecule has 0 amide bonds. The van der Waals surface area contributed by atoms with Gasteiger partial charge in [-0.15, -0.1) is 0 Å². The smallest absolute Gasteiger partial charge is 0.121 e. The summed E-state index contributed by atoms with van der Waals surface area (Å²) in [7, 11) is 0. The normalized spacial score (nSPS) is 38.8. The van der Waals surface area contributed by atoms with Gasteiger partial charge in [-0.05, 0) is 54.0 Å². The second kappa shape index (κ2) is 4.52. The Morgan fingerprint density at radius 3 is 2.53 bits per heavy atom. The van der Waals surface area contributed by atoms with Gasteiger partial charge in [-0.1, -0.05) is 0 Å². The van der Waals surface area contributed by atoms with Crippen LogP contribution >= 0.6 is 0 Å². The van der Waals surface area contributed by atoms with Crippen LogP contribution in [0.2, 0.25) is 0 Å². The van der Waals surface area contributed by atoms with Crippen molar-refractivity contribution in [3.63, 3.8) is 0 Å². The third-order valence-corrected chi connectivity index (χ3v) is 4.28. The van der Waals surface area contributed by atoms with E-state index in [1.54, 1.807) is 0 Å². The lowest BCUT2D eigenvalue weighted by Gasteiger charge is -2.43. The standard InChI is InChI=1S/C14H28N2O/c1-11(2)16-8-6-7-12(9-16)14(5)15-13(3,4)10-17-14/h11-12,15H,6-10H2,1-5H3. The molecule has 2 atom stereocenters. The molecule has 3 heteroatoms. The van der Waals surface area contributed by atoms with Crippen LogP contribution in [0.25, 0.3) is 0 Å². The fourth-order valence-electron chi connectivity index (χ4n) is 3.22. The predicted molar refractivity (Wildman–Crippen MR) is 71.0 cm³/mol. The van der Waals surface area contributed by atoms with E-state index >= 15 is 0 Å². The minimum atomic E-state index is -0.128. The van der Waals surface area contributed by atoms with Gasteiger partial charge in [0, 0.05) is 24.0 Å². The monoisotopic (exact) mass is 240 g/mol. The third-order valence-electron chi connectivity index (χ3n) is 4.28. The van der Waals surface area contributed by atoms with E-state index in [0.717, 1.165) is 13.2 Å². The van der Waals surface area contributed by atoms with Crippen molar-refractivity contribution < 1.29 is 4.74 Å². The Kier molecular flexibility index (Phi) is 3.54. The molecular weight excluding hydrogens is 212 g/mol. The molecule has 2 fully saturated rings. The molecule has 17 heavy (non-hydrogen) atoms. The van der Waals surface area contributed by atoms with Gasteiger partial charge in [0.05, 0.1) is 6.61 Å². The van der Waals surface area contributed by atoms with Crippen LogP contribution in [-0.4, -0.2) is 41.9 Å². The lowest BCUT2D eigenvalue weighted by Crippen LogP contribution is -2.56. The zero-order valence-corrected chi connectivity index (χ0v) is 12.0. The highest BCUT2D eigenvalue weighted by atomic mass is 16.5. The van der Waals surface area contributed by atoms with Gasteiger partial charge in [0.1, 0.15) is 5.72 Å². The van der Waals surface area contributed by atoms with E-state index in [1.165, 1.54) is 19.4 Å². The van der Waals surface area contributed by atoms with Gasteiger partial charge in [-0.2, -0.15) is 0 Å². The molecule has 0 aromatic carbocycles. The maximum absolute atomic E-state index is 6.09. The summed E-state index contributed by atoms with van der Waals surface area (Å²) in [4.78, 5) is 2.58. The highest BCUT2D eigenvalue weighted by Gasteiger charge is 2.46. The summed E-state index contributed by atoms with van der Waals surface area (Å²) in [6.07, 6.45) is 2.58. The molecule has 0 aromatic heterocycles. The summed E-state index contributed by atoms with van der Waals surface area (Å²) in [5.41, 5.74) is -0.00802. The second-order valence-electron chi connectivity index (χ2n) is 6.83. The molecule has 2 aliphatic rings. The van der Waals surface area contributed by atoms with E-state index in [0.29, 0.717) is 12.0 Å². The van der Waals surface area contributed by atoms with Crippen LogP contribution in [0.4, 0.5) is 0 Å². The Morgan fingerprint density at radius 2 is 2.00 bits per heavy atom. The van der Waals surface area contributed by atoms with Crippen LogP contribution in [0.3, 0.4) is 0 Å². The first-order valence-corrected chi connectivity index (χ1v) is 7.00. The van der Waals surface area contributed by atoms with Gasteiger partial charge in [0.25, 0.3) is 0 Å². The fourth-order valence-corrected chi connectivity index (χ4v) is 3.22. The largest absolute Gasteiger partial charge is 0.359 e. The number of rotatable bonds is 2. The van der Waals surface area contributed by atoms with Crippen LogP contribution in [-0.2, 0) is 4.74 Å². The molecule has 0 aromatic rings. The summed E-state index contributed by atoms with van der Waals surface area (Å²) in [5, 5.41) is 3.69. The van der Waals surface area contributed by atoms with Crippen molar-refractivity contribution in [2.45, 2.75) is 64.8 Å². The fraction of sp³-hybridized carbons (Fsp3) is 1.00. The number of ether oxygens (including phenoxy) is 1. The minimum absolute atomic E-state index is 0.120. The van der Waals surface area contributed by atoms with E-state index in [-0.39, 0.29) is 11.3 Å². The summed E-state index contributed by atoms with van der Waals surface area (Å²) < 4.78 is 6.09. The molecule has 2 heterocycles. The van der Waals surface area contributed by atoms with Crippen LogP contribution in [0.1, 0.15) is 47.5 Å². The molecule has 2 unspecified atom stereocenters. The van der Waals surface area contributed by atoms with Crippen LogP contribution < -0.4 is 5.32 Å². The molecule has 0 bridgehead atoms. The second-order valence-corrected chi connectivity index (χ2v) is 6.83. The van der Waals surface area contributed by atoms with Crippen molar-refractivity contribution in [3.05, 3.63) is 0 Å². The quantitative estimate of drug-likeness (QED) is 0.801. The van der Waals surface area contributed by atoms with Crippen LogP contribution in [0.5, 0.6) is 0 Å². The molecule has 100 valence electrons. The molecule has 0 spiro atoms. The molecule has 2 rings (SSSR count). The highest BCUT2D eigenvalue weighted by molar-refractivity contribution is 4.98. The Labute approximate surface area is 106 Å². The van der Waals surface area contributed by atoms with E-state index in [2.05, 4.69) is 44.8 Å². The minimum Gasteiger partial charge on any atom is -0.359 e. The first kappa shape index (κ1) is 13.3. The lowest BCUT2D eigenvalue weighted by atomic mass is 9.87. The molecule has 3 nitrogen and oxygen atoms in total. The Hall–Kier alpha value is -0.120. The maximum atomic E-state index is 6.09. The molecule has 0 radical (unpaired) electrons. The SMILES string of the molecule is CC(C)N1CCCC(C2(C)NC(C)(C)CO2)C1. The van der Waals surface area contributed by atoms with Gasteiger partial charge >= 0.3 is 0 Å². The van der Waals surface area contributed by atoms with Gasteiger partial charge in [0.2, 0.25) is 0 Å². The van der Waals surface area contributed by atoms with Gasteiger partial charge in [0.15, 0.2) is 0 Å². The summed E-state index contributed by atoms with van der Waals surface area (Å²) in [6.45, 7) is 14.5. The van der Waals surface area contributed by atoms with Gasteiger partial charge in [-0.3, -0.25) is 5.32 Å². The molecular formula is C14H28N2O. The van der Waals surface area contributed by atoms with Crippen molar-refractivity contribution >= 4 is 0 Å². The Bertz CT molecular complexity index is 277. The molecule has 2 aliphatic heterocycles. The molecule has 0 aliphatic carbocycles. The summed E-state index contributed by atoms with van der Waals surface area (Å²) in [5.74, 6) is 0.612. The molecule has 0 saturated carbocycles. The number of hydrogen-bond donors (Lipinski definition) is 1. The van der Waals surface area contributed by atoms with E-state index < -0.39 is 0 Å². The summed E-state index contributed by atoms with van der Waals surface area (Å²) in [6, 6.07) is 0.649. The average Bonchev–Trinajstić information content (AvgIpc) is 2.55. The van der Waals surface area contributed by atoms with Crippen molar-refractivity contribution in [1.29, 1.82) is 0 Å². The van der Waals surface area contributed by atoms with Crippen LogP contribution in [0.15, 0.2) is 0 Å². The highest BCUT2D eigenvalue weighted by Crippen LogP contribution is 2.34.